The number of aliphatic carboxylic acids is 1. The molecule has 0 aliphatic rings. The zero-order valence-electron chi connectivity index (χ0n) is 10.3. The smallest absolute Gasteiger partial charge is 0.321 e. The first-order valence-electron chi connectivity index (χ1n) is 5.38. The van der Waals surface area contributed by atoms with Crippen LogP contribution >= 0.6 is 0 Å². The molecule has 0 saturated carbocycles. The monoisotopic (exact) mass is 245 g/mol. The molecule has 0 radical (unpaired) electrons. The molecule has 0 fully saturated rings. The molecule has 0 spiro atoms. The lowest BCUT2D eigenvalue weighted by atomic mass is 10.2. The summed E-state index contributed by atoms with van der Waals surface area (Å²) in [6.07, 6.45) is 0.723. The highest BCUT2D eigenvalue weighted by Crippen LogP contribution is 2.02. The van der Waals surface area contributed by atoms with Gasteiger partial charge in [-0.1, -0.05) is 6.92 Å². The van der Waals surface area contributed by atoms with Crippen LogP contribution < -0.4 is 10.6 Å². The molecule has 1 unspecified atom stereocenters. The molecule has 0 bridgehead atoms. The lowest BCUT2D eigenvalue weighted by Crippen LogP contribution is -2.47. The van der Waals surface area contributed by atoms with Gasteiger partial charge in [-0.3, -0.25) is 19.8 Å². The first kappa shape index (κ1) is 15.4. The molecule has 17 heavy (non-hydrogen) atoms. The van der Waals surface area contributed by atoms with Gasteiger partial charge >= 0.3 is 12.0 Å². The average molecular weight is 245 g/mol. The van der Waals surface area contributed by atoms with Crippen molar-refractivity contribution < 1.29 is 19.5 Å². The molecule has 0 rings (SSSR count). The van der Waals surface area contributed by atoms with Crippen LogP contribution in [0.25, 0.3) is 0 Å². The maximum atomic E-state index is 11.4. The molecule has 1 atom stereocenters. The fourth-order valence-electron chi connectivity index (χ4n) is 1.21. The Morgan fingerprint density at radius 3 is 2.29 bits per heavy atom. The van der Waals surface area contributed by atoms with Crippen LogP contribution in [0.4, 0.5) is 4.79 Å². The number of hydrogen-bond donors (Lipinski definition) is 3. The summed E-state index contributed by atoms with van der Waals surface area (Å²) >= 11 is 0. The van der Waals surface area contributed by atoms with Crippen LogP contribution in [0.5, 0.6) is 0 Å². The number of hydrogen-bond acceptors (Lipinski definition) is 4. The molecule has 0 heterocycles. The molecule has 0 aliphatic heterocycles. The lowest BCUT2D eigenvalue weighted by molar-refractivity contribution is -0.139. The van der Waals surface area contributed by atoms with Gasteiger partial charge in [0.1, 0.15) is 0 Å². The van der Waals surface area contributed by atoms with Crippen LogP contribution in [0.15, 0.2) is 0 Å². The summed E-state index contributed by atoms with van der Waals surface area (Å²) in [5.74, 6) is -1.52. The Bertz CT molecular complexity index is 293. The third-order valence-corrected chi connectivity index (χ3v) is 2.38. The summed E-state index contributed by atoms with van der Waals surface area (Å²) in [5, 5.41) is 13.1. The van der Waals surface area contributed by atoms with Crippen LogP contribution in [0, 0.1) is 0 Å². The van der Waals surface area contributed by atoms with E-state index in [1.807, 2.05) is 13.8 Å². The van der Waals surface area contributed by atoms with Crippen molar-refractivity contribution in [2.45, 2.75) is 26.3 Å². The van der Waals surface area contributed by atoms with Crippen molar-refractivity contribution in [3.63, 3.8) is 0 Å². The molecule has 0 aromatic rings. The molecule has 3 amide bonds. The van der Waals surface area contributed by atoms with Crippen molar-refractivity contribution in [1.82, 2.24) is 15.5 Å². The van der Waals surface area contributed by atoms with Gasteiger partial charge in [0.25, 0.3) is 0 Å². The first-order chi connectivity index (χ1) is 7.90. The van der Waals surface area contributed by atoms with Gasteiger partial charge in [0.2, 0.25) is 5.91 Å². The third-order valence-electron chi connectivity index (χ3n) is 2.38. The zero-order valence-corrected chi connectivity index (χ0v) is 10.3. The van der Waals surface area contributed by atoms with Gasteiger partial charge in [-0.15, -0.1) is 0 Å². The number of imide groups is 1. The highest BCUT2D eigenvalue weighted by atomic mass is 16.4. The Morgan fingerprint density at radius 1 is 1.29 bits per heavy atom. The molecule has 0 aromatic heterocycles. The molecule has 3 N–H and O–H groups in total. The minimum atomic E-state index is -1.00. The fourth-order valence-corrected chi connectivity index (χ4v) is 1.21. The SMILES string of the molecule is CCC(C)N(CC(=O)O)CC(=O)NC(=O)NC. The quantitative estimate of drug-likeness (QED) is 0.593. The van der Waals surface area contributed by atoms with E-state index in [9.17, 15) is 14.4 Å². The minimum Gasteiger partial charge on any atom is -0.480 e. The highest BCUT2D eigenvalue weighted by molar-refractivity contribution is 5.95. The second-order valence-corrected chi connectivity index (χ2v) is 3.68. The van der Waals surface area contributed by atoms with E-state index in [0.717, 1.165) is 6.42 Å². The second kappa shape index (κ2) is 7.61. The van der Waals surface area contributed by atoms with E-state index in [0.29, 0.717) is 0 Å². The predicted molar refractivity (Wildman–Crippen MR) is 61.6 cm³/mol. The van der Waals surface area contributed by atoms with E-state index in [4.69, 9.17) is 5.11 Å². The van der Waals surface area contributed by atoms with Crippen molar-refractivity contribution >= 4 is 17.9 Å². The largest absolute Gasteiger partial charge is 0.480 e. The predicted octanol–water partition coefficient (Wildman–Crippen LogP) is -0.373. The first-order valence-corrected chi connectivity index (χ1v) is 5.38. The molecular weight excluding hydrogens is 226 g/mol. The Kier molecular flexibility index (Phi) is 6.88. The summed E-state index contributed by atoms with van der Waals surface area (Å²) in [5.41, 5.74) is 0. The van der Waals surface area contributed by atoms with E-state index in [1.165, 1.54) is 11.9 Å². The summed E-state index contributed by atoms with van der Waals surface area (Å²) < 4.78 is 0. The average Bonchev–Trinajstić information content (AvgIpc) is 2.26. The van der Waals surface area contributed by atoms with Gasteiger partial charge in [0.05, 0.1) is 13.1 Å². The van der Waals surface area contributed by atoms with E-state index < -0.39 is 17.9 Å². The topological polar surface area (TPSA) is 98.7 Å². The van der Waals surface area contributed by atoms with Crippen LogP contribution in [0.1, 0.15) is 20.3 Å². The Labute approximate surface area is 100 Å². The zero-order chi connectivity index (χ0) is 13.4. The van der Waals surface area contributed by atoms with Crippen molar-refractivity contribution in [1.29, 1.82) is 0 Å². The van der Waals surface area contributed by atoms with Crippen LogP contribution in [0.2, 0.25) is 0 Å². The molecule has 7 heteroatoms. The van der Waals surface area contributed by atoms with Crippen LogP contribution in [0.3, 0.4) is 0 Å². The summed E-state index contributed by atoms with van der Waals surface area (Å²) in [4.78, 5) is 34.4. The second-order valence-electron chi connectivity index (χ2n) is 3.68. The number of carboxylic acids is 1. The number of nitrogens with one attached hydrogen (secondary N) is 2. The molecule has 0 aliphatic carbocycles. The minimum absolute atomic E-state index is 0.0402. The number of amides is 3. The van der Waals surface area contributed by atoms with Gasteiger partial charge in [-0.05, 0) is 13.3 Å². The van der Waals surface area contributed by atoms with Gasteiger partial charge in [-0.2, -0.15) is 0 Å². The summed E-state index contributed by atoms with van der Waals surface area (Å²) in [6.45, 7) is 3.39. The van der Waals surface area contributed by atoms with Crippen molar-refractivity contribution in [3.05, 3.63) is 0 Å². The van der Waals surface area contributed by atoms with Crippen LogP contribution in [-0.2, 0) is 9.59 Å². The molecule has 7 nitrogen and oxygen atoms in total. The van der Waals surface area contributed by atoms with E-state index >= 15 is 0 Å². The van der Waals surface area contributed by atoms with E-state index in [-0.39, 0.29) is 19.1 Å². The summed E-state index contributed by atoms with van der Waals surface area (Å²) in [6, 6.07) is -0.643. The van der Waals surface area contributed by atoms with Gasteiger partial charge in [0, 0.05) is 13.1 Å². The molecular formula is C10H19N3O4. The fraction of sp³-hybridized carbons (Fsp3) is 0.700. The van der Waals surface area contributed by atoms with E-state index in [2.05, 4.69) is 10.6 Å². The number of urea groups is 1. The highest BCUT2D eigenvalue weighted by Gasteiger charge is 2.19. The molecule has 0 saturated heterocycles. The Morgan fingerprint density at radius 2 is 1.88 bits per heavy atom. The van der Waals surface area contributed by atoms with Gasteiger partial charge < -0.3 is 10.4 Å². The number of nitrogens with zero attached hydrogens (tertiary/aromatic N) is 1. The van der Waals surface area contributed by atoms with Gasteiger partial charge in [-0.25, -0.2) is 4.79 Å². The number of rotatable bonds is 6. The molecule has 98 valence electrons. The van der Waals surface area contributed by atoms with Crippen molar-refractivity contribution in [3.8, 4) is 0 Å². The Balaban J connectivity index is 4.37. The normalized spacial score (nSPS) is 12.0. The van der Waals surface area contributed by atoms with Crippen molar-refractivity contribution in [2.24, 2.45) is 0 Å². The number of carbonyl (C=O) groups is 3. The van der Waals surface area contributed by atoms with Crippen molar-refractivity contribution in [2.75, 3.05) is 20.1 Å². The Hall–Kier alpha value is -1.63. The standard InChI is InChI=1S/C10H19N3O4/c1-4-7(2)13(6-9(15)16)5-8(14)12-10(17)11-3/h7H,4-6H2,1-3H3,(H,15,16)(H2,11,12,14,17). The number of carbonyl (C=O) groups excluding carboxylic acids is 2. The maximum absolute atomic E-state index is 11.4. The number of carboxylic acid groups (broad SMARTS) is 1. The van der Waals surface area contributed by atoms with Gasteiger partial charge in [0.15, 0.2) is 0 Å². The van der Waals surface area contributed by atoms with Crippen LogP contribution in [-0.4, -0.2) is 54.1 Å². The van der Waals surface area contributed by atoms with E-state index in [1.54, 1.807) is 0 Å². The third kappa shape index (κ3) is 6.52. The summed E-state index contributed by atoms with van der Waals surface area (Å²) in [7, 11) is 1.40. The molecule has 0 aromatic carbocycles. The lowest BCUT2D eigenvalue weighted by Gasteiger charge is -2.25. The maximum Gasteiger partial charge on any atom is 0.321 e.